The van der Waals surface area contributed by atoms with Crippen molar-refractivity contribution in [2.75, 3.05) is 26.9 Å². The quantitative estimate of drug-likeness (QED) is 0.456. The molecule has 0 unspecified atom stereocenters. The van der Waals surface area contributed by atoms with Gasteiger partial charge in [0.25, 0.3) is 5.91 Å². The molecule has 2 heterocycles. The number of hydrogen-bond acceptors (Lipinski definition) is 6. The Morgan fingerprint density at radius 3 is 2.54 bits per heavy atom. The molecule has 0 aliphatic carbocycles. The topological polar surface area (TPSA) is 82.9 Å². The smallest absolute Gasteiger partial charge is 0.305 e. The summed E-state index contributed by atoms with van der Waals surface area (Å²) in [5.41, 5.74) is 5.27. The fourth-order valence-corrected chi connectivity index (χ4v) is 4.34. The van der Waals surface area contributed by atoms with E-state index in [-0.39, 0.29) is 11.9 Å². The van der Waals surface area contributed by atoms with Gasteiger partial charge in [-0.1, -0.05) is 12.1 Å². The molecule has 3 aromatic rings. The number of ether oxygens (including phenoxy) is 3. The zero-order valence-electron chi connectivity index (χ0n) is 20.7. The van der Waals surface area contributed by atoms with Gasteiger partial charge in [0.15, 0.2) is 11.5 Å². The number of aromatic nitrogens is 2. The number of fused-ring (bicyclic) bond motifs is 1. The third-order valence-corrected chi connectivity index (χ3v) is 6.28. The lowest BCUT2D eigenvalue weighted by atomic mass is 10.1. The molecular formula is C27H31N3O5. The third kappa shape index (κ3) is 5.16. The summed E-state index contributed by atoms with van der Waals surface area (Å²) < 4.78 is 18.1. The van der Waals surface area contributed by atoms with Gasteiger partial charge in [-0.2, -0.15) is 5.10 Å². The monoisotopic (exact) mass is 477 g/mol. The molecule has 0 saturated heterocycles. The maximum atomic E-state index is 13.3. The first-order valence-electron chi connectivity index (χ1n) is 11.8. The average molecular weight is 478 g/mol. The van der Waals surface area contributed by atoms with Crippen LogP contribution < -0.4 is 9.47 Å². The van der Waals surface area contributed by atoms with E-state index in [1.165, 1.54) is 7.11 Å². The zero-order chi connectivity index (χ0) is 24.9. The summed E-state index contributed by atoms with van der Waals surface area (Å²) in [6, 6.07) is 13.2. The molecule has 0 fully saturated rings. The van der Waals surface area contributed by atoms with Gasteiger partial charge in [-0.15, -0.1) is 0 Å². The van der Waals surface area contributed by atoms with E-state index in [2.05, 4.69) is 5.10 Å². The molecule has 8 nitrogen and oxygen atoms in total. The second kappa shape index (κ2) is 10.6. The van der Waals surface area contributed by atoms with Crippen LogP contribution in [0.3, 0.4) is 0 Å². The van der Waals surface area contributed by atoms with E-state index in [1.54, 1.807) is 4.90 Å². The van der Waals surface area contributed by atoms with Crippen LogP contribution in [-0.4, -0.2) is 53.4 Å². The van der Waals surface area contributed by atoms with Crippen LogP contribution in [0.2, 0.25) is 0 Å². The zero-order valence-corrected chi connectivity index (χ0v) is 20.7. The van der Waals surface area contributed by atoms with Crippen LogP contribution in [0.15, 0.2) is 42.5 Å². The molecule has 8 heteroatoms. The number of aryl methyl sites for hydroxylation is 1. The number of para-hydroxylation sites is 1. The molecule has 0 radical (unpaired) electrons. The van der Waals surface area contributed by atoms with Crippen molar-refractivity contribution in [3.63, 3.8) is 0 Å². The minimum Gasteiger partial charge on any atom is -0.486 e. The summed E-state index contributed by atoms with van der Waals surface area (Å²) in [4.78, 5) is 26.6. The van der Waals surface area contributed by atoms with Crippen molar-refractivity contribution in [3.8, 4) is 17.2 Å². The molecule has 1 amide bonds. The molecule has 1 aliphatic rings. The number of carbonyl (C=O) groups excluding carboxylic acids is 2. The number of hydrogen-bond donors (Lipinski definition) is 0. The van der Waals surface area contributed by atoms with Gasteiger partial charge in [-0.3, -0.25) is 9.59 Å². The van der Waals surface area contributed by atoms with E-state index >= 15 is 0 Å². The highest BCUT2D eigenvalue weighted by molar-refractivity contribution is 5.94. The van der Waals surface area contributed by atoms with E-state index in [4.69, 9.17) is 14.2 Å². The lowest BCUT2D eigenvalue weighted by Crippen LogP contribution is -2.31. The van der Waals surface area contributed by atoms with Gasteiger partial charge in [-0.05, 0) is 63.1 Å². The highest BCUT2D eigenvalue weighted by Crippen LogP contribution is 2.34. The van der Waals surface area contributed by atoms with Crippen molar-refractivity contribution in [2.45, 2.75) is 40.2 Å². The lowest BCUT2D eigenvalue weighted by Gasteiger charge is -2.25. The van der Waals surface area contributed by atoms with Crippen molar-refractivity contribution in [1.82, 2.24) is 14.7 Å². The number of carbonyl (C=O) groups is 2. The Morgan fingerprint density at radius 2 is 1.83 bits per heavy atom. The minimum atomic E-state index is -0.241. The molecule has 0 saturated carbocycles. The SMILES string of the molecule is CCN(Cc1cccc2c1OCCO2)C(=O)c1ccc(-n2nc(C)c(CCC(=O)OC)c2C)cc1. The molecule has 184 valence electrons. The molecule has 0 atom stereocenters. The van der Waals surface area contributed by atoms with Crippen LogP contribution in [0, 0.1) is 13.8 Å². The molecule has 0 N–H and O–H groups in total. The first kappa shape index (κ1) is 24.3. The lowest BCUT2D eigenvalue weighted by molar-refractivity contribution is -0.140. The standard InChI is InChI=1S/C27H31N3O5/c1-5-29(17-21-7-6-8-24-26(21)35-16-15-34-24)27(32)20-9-11-22(12-10-20)30-19(3)23(18(2)28-30)13-14-25(31)33-4/h6-12H,5,13-17H2,1-4H3. The Labute approximate surface area is 205 Å². The Balaban J connectivity index is 1.50. The number of rotatable bonds is 8. The van der Waals surface area contributed by atoms with Crippen molar-refractivity contribution >= 4 is 11.9 Å². The molecule has 0 bridgehead atoms. The predicted molar refractivity (Wildman–Crippen MR) is 131 cm³/mol. The molecule has 35 heavy (non-hydrogen) atoms. The largest absolute Gasteiger partial charge is 0.486 e. The third-order valence-electron chi connectivity index (χ3n) is 6.28. The summed E-state index contributed by atoms with van der Waals surface area (Å²) in [5, 5.41) is 4.65. The molecule has 0 spiro atoms. The first-order valence-corrected chi connectivity index (χ1v) is 11.8. The van der Waals surface area contributed by atoms with Crippen LogP contribution in [-0.2, 0) is 22.5 Å². The van der Waals surface area contributed by atoms with Gasteiger partial charge in [0.1, 0.15) is 13.2 Å². The van der Waals surface area contributed by atoms with Gasteiger partial charge in [0.05, 0.1) is 18.5 Å². The average Bonchev–Trinajstić information content (AvgIpc) is 3.18. The number of nitrogens with zero attached hydrogens (tertiary/aromatic N) is 3. The fourth-order valence-electron chi connectivity index (χ4n) is 4.34. The Morgan fingerprint density at radius 1 is 1.09 bits per heavy atom. The van der Waals surface area contributed by atoms with Crippen molar-refractivity contribution in [3.05, 3.63) is 70.5 Å². The number of benzene rings is 2. The number of methoxy groups -OCH3 is 1. The normalized spacial score (nSPS) is 12.3. The Hall–Kier alpha value is -3.81. The van der Waals surface area contributed by atoms with E-state index < -0.39 is 0 Å². The van der Waals surface area contributed by atoms with Crippen molar-refractivity contribution < 1.29 is 23.8 Å². The van der Waals surface area contributed by atoms with Gasteiger partial charge < -0.3 is 19.1 Å². The van der Waals surface area contributed by atoms with E-state index in [1.807, 2.05) is 67.9 Å². The van der Waals surface area contributed by atoms with E-state index in [9.17, 15) is 9.59 Å². The van der Waals surface area contributed by atoms with Crippen LogP contribution >= 0.6 is 0 Å². The second-order valence-electron chi connectivity index (χ2n) is 8.44. The van der Waals surface area contributed by atoms with Gasteiger partial charge >= 0.3 is 5.97 Å². The van der Waals surface area contributed by atoms with Crippen molar-refractivity contribution in [2.24, 2.45) is 0 Å². The van der Waals surface area contributed by atoms with E-state index in [0.29, 0.717) is 50.5 Å². The molecular weight excluding hydrogens is 446 g/mol. The minimum absolute atomic E-state index is 0.0551. The summed E-state index contributed by atoms with van der Waals surface area (Å²) in [5.74, 6) is 1.14. The van der Waals surface area contributed by atoms with Crippen LogP contribution in [0.5, 0.6) is 11.5 Å². The van der Waals surface area contributed by atoms with E-state index in [0.717, 1.165) is 34.0 Å². The summed E-state index contributed by atoms with van der Waals surface area (Å²) >= 11 is 0. The Kier molecular flexibility index (Phi) is 7.39. The molecule has 1 aliphatic heterocycles. The Bertz CT molecular complexity index is 1220. The first-order chi connectivity index (χ1) is 16.9. The van der Waals surface area contributed by atoms with Gasteiger partial charge in [-0.25, -0.2) is 4.68 Å². The number of esters is 1. The van der Waals surface area contributed by atoms with Crippen LogP contribution in [0.4, 0.5) is 0 Å². The molecule has 2 aromatic carbocycles. The molecule has 4 rings (SSSR count). The van der Waals surface area contributed by atoms with Crippen molar-refractivity contribution in [1.29, 1.82) is 0 Å². The maximum absolute atomic E-state index is 13.3. The fraction of sp³-hybridized carbons (Fsp3) is 0.370. The second-order valence-corrected chi connectivity index (χ2v) is 8.44. The highest BCUT2D eigenvalue weighted by atomic mass is 16.6. The van der Waals surface area contributed by atoms with Gasteiger partial charge in [0, 0.05) is 36.3 Å². The maximum Gasteiger partial charge on any atom is 0.305 e. The summed E-state index contributed by atoms with van der Waals surface area (Å²) in [7, 11) is 1.39. The van der Waals surface area contributed by atoms with Crippen LogP contribution in [0.1, 0.15) is 46.2 Å². The highest BCUT2D eigenvalue weighted by Gasteiger charge is 2.21. The summed E-state index contributed by atoms with van der Waals surface area (Å²) in [6.45, 7) is 7.91. The van der Waals surface area contributed by atoms with Crippen LogP contribution in [0.25, 0.3) is 5.69 Å². The van der Waals surface area contributed by atoms with Gasteiger partial charge in [0.2, 0.25) is 0 Å². The predicted octanol–water partition coefficient (Wildman–Crippen LogP) is 4.03. The summed E-state index contributed by atoms with van der Waals surface area (Å²) in [6.07, 6.45) is 0.885. The number of amides is 1. The molecule has 1 aromatic heterocycles.